The Bertz CT molecular complexity index is 498. The van der Waals surface area contributed by atoms with Crippen molar-refractivity contribution in [3.05, 3.63) is 24.3 Å². The topological polar surface area (TPSA) is 46.3 Å². The van der Waals surface area contributed by atoms with Gasteiger partial charge in [0.15, 0.2) is 0 Å². The van der Waals surface area contributed by atoms with Crippen molar-refractivity contribution in [2.24, 2.45) is 4.99 Å². The summed E-state index contributed by atoms with van der Waals surface area (Å²) in [7, 11) is 0. The summed E-state index contributed by atoms with van der Waals surface area (Å²) in [6.07, 6.45) is 1.87. The number of nitrogens with zero attached hydrogens (tertiary/aromatic N) is 5. The fraction of sp³-hybridized carbons (Fsp3) is 0.417. The van der Waals surface area contributed by atoms with Gasteiger partial charge in [-0.25, -0.2) is 4.68 Å². The molecule has 0 aliphatic carbocycles. The van der Waals surface area contributed by atoms with E-state index in [0.29, 0.717) is 6.67 Å². The van der Waals surface area contributed by atoms with Crippen LogP contribution in [0.15, 0.2) is 29.3 Å². The SMILES string of the molecule is CCN(C=NCn1nnc2ccccc21)CC. The number of para-hydroxylation sites is 1. The number of fused-ring (bicyclic) bond motifs is 1. The van der Waals surface area contributed by atoms with E-state index in [1.54, 1.807) is 4.68 Å². The second-order valence-corrected chi connectivity index (χ2v) is 3.74. The summed E-state index contributed by atoms with van der Waals surface area (Å²) in [5, 5.41) is 8.16. The van der Waals surface area contributed by atoms with E-state index in [9.17, 15) is 0 Å². The summed E-state index contributed by atoms with van der Waals surface area (Å²) >= 11 is 0. The Morgan fingerprint density at radius 3 is 2.82 bits per heavy atom. The Hall–Kier alpha value is -1.91. The average molecular weight is 231 g/mol. The molecule has 1 aromatic heterocycles. The molecular formula is C12H17N5. The maximum atomic E-state index is 4.37. The van der Waals surface area contributed by atoms with Crippen LogP contribution >= 0.6 is 0 Å². The van der Waals surface area contributed by atoms with Gasteiger partial charge in [-0.3, -0.25) is 4.99 Å². The summed E-state index contributed by atoms with van der Waals surface area (Å²) < 4.78 is 1.80. The Morgan fingerprint density at radius 1 is 1.29 bits per heavy atom. The van der Waals surface area contributed by atoms with Gasteiger partial charge < -0.3 is 4.90 Å². The Balaban J connectivity index is 2.09. The molecule has 0 aliphatic heterocycles. The van der Waals surface area contributed by atoms with Crippen LogP contribution in [0.25, 0.3) is 11.0 Å². The average Bonchev–Trinajstić information content (AvgIpc) is 2.78. The zero-order chi connectivity index (χ0) is 12.1. The molecule has 2 rings (SSSR count). The molecule has 0 saturated heterocycles. The highest BCUT2D eigenvalue weighted by atomic mass is 15.4. The maximum Gasteiger partial charge on any atom is 0.135 e. The van der Waals surface area contributed by atoms with E-state index >= 15 is 0 Å². The highest BCUT2D eigenvalue weighted by Crippen LogP contribution is 2.09. The lowest BCUT2D eigenvalue weighted by atomic mass is 10.3. The number of aliphatic imine (C=N–C) groups is 1. The Morgan fingerprint density at radius 2 is 2.06 bits per heavy atom. The van der Waals surface area contributed by atoms with Crippen LogP contribution in [0.1, 0.15) is 13.8 Å². The van der Waals surface area contributed by atoms with E-state index in [1.165, 1.54) is 0 Å². The summed E-state index contributed by atoms with van der Waals surface area (Å²) in [5.74, 6) is 0. The minimum absolute atomic E-state index is 0.511. The van der Waals surface area contributed by atoms with Crippen molar-refractivity contribution in [1.82, 2.24) is 19.9 Å². The largest absolute Gasteiger partial charge is 0.363 e. The lowest BCUT2D eigenvalue weighted by Crippen LogP contribution is -2.20. The Kier molecular flexibility index (Phi) is 3.69. The maximum absolute atomic E-state index is 4.37. The number of rotatable bonds is 5. The normalized spacial score (nSPS) is 11.4. The summed E-state index contributed by atoms with van der Waals surface area (Å²) in [4.78, 5) is 6.51. The van der Waals surface area contributed by atoms with Crippen molar-refractivity contribution in [3.8, 4) is 0 Å². The molecule has 0 unspecified atom stereocenters. The Labute approximate surface area is 101 Å². The van der Waals surface area contributed by atoms with E-state index in [2.05, 4.69) is 34.1 Å². The molecule has 17 heavy (non-hydrogen) atoms. The van der Waals surface area contributed by atoms with Crippen LogP contribution in [-0.4, -0.2) is 39.3 Å². The van der Waals surface area contributed by atoms with Crippen molar-refractivity contribution in [1.29, 1.82) is 0 Å². The van der Waals surface area contributed by atoms with E-state index in [-0.39, 0.29) is 0 Å². The van der Waals surface area contributed by atoms with Gasteiger partial charge >= 0.3 is 0 Å². The fourth-order valence-corrected chi connectivity index (χ4v) is 1.64. The second kappa shape index (κ2) is 5.43. The second-order valence-electron chi connectivity index (χ2n) is 3.74. The van der Waals surface area contributed by atoms with Gasteiger partial charge in [0.05, 0.1) is 11.9 Å². The summed E-state index contributed by atoms with van der Waals surface area (Å²) in [6.45, 7) is 6.67. The first kappa shape index (κ1) is 11.6. The smallest absolute Gasteiger partial charge is 0.135 e. The number of hydrogen-bond acceptors (Lipinski definition) is 3. The lowest BCUT2D eigenvalue weighted by molar-refractivity contribution is 0.474. The van der Waals surface area contributed by atoms with Gasteiger partial charge in [-0.2, -0.15) is 0 Å². The van der Waals surface area contributed by atoms with Gasteiger partial charge in [0, 0.05) is 13.1 Å². The van der Waals surface area contributed by atoms with E-state index in [0.717, 1.165) is 24.1 Å². The molecule has 0 amide bonds. The number of benzene rings is 1. The van der Waals surface area contributed by atoms with Crippen LogP contribution in [-0.2, 0) is 6.67 Å². The molecule has 0 atom stereocenters. The zero-order valence-electron chi connectivity index (χ0n) is 10.2. The van der Waals surface area contributed by atoms with E-state index < -0.39 is 0 Å². The van der Waals surface area contributed by atoms with Crippen LogP contribution in [0.5, 0.6) is 0 Å². The molecule has 5 heteroatoms. The third-order valence-electron chi connectivity index (χ3n) is 2.69. The molecular weight excluding hydrogens is 214 g/mol. The minimum Gasteiger partial charge on any atom is -0.363 e. The van der Waals surface area contributed by atoms with Crippen LogP contribution in [0.4, 0.5) is 0 Å². The fourth-order valence-electron chi connectivity index (χ4n) is 1.64. The molecule has 1 heterocycles. The molecule has 1 aromatic carbocycles. The molecule has 0 radical (unpaired) electrons. The zero-order valence-corrected chi connectivity index (χ0v) is 10.2. The molecule has 90 valence electrons. The van der Waals surface area contributed by atoms with Gasteiger partial charge in [0.1, 0.15) is 12.2 Å². The quantitative estimate of drug-likeness (QED) is 0.582. The molecule has 0 saturated carbocycles. The van der Waals surface area contributed by atoms with Crippen molar-refractivity contribution in [2.45, 2.75) is 20.5 Å². The van der Waals surface area contributed by atoms with Gasteiger partial charge in [0.2, 0.25) is 0 Å². The number of aromatic nitrogens is 3. The minimum atomic E-state index is 0.511. The molecule has 0 aliphatic rings. The third-order valence-corrected chi connectivity index (χ3v) is 2.69. The van der Waals surface area contributed by atoms with Crippen LogP contribution < -0.4 is 0 Å². The predicted octanol–water partition coefficient (Wildman–Crippen LogP) is 1.76. The standard InChI is InChI=1S/C12H17N5/c1-3-16(4-2)9-13-10-17-12-8-6-5-7-11(12)14-15-17/h5-9H,3-4,10H2,1-2H3. The summed E-state index contributed by atoms with van der Waals surface area (Å²) in [5.41, 5.74) is 1.93. The van der Waals surface area contributed by atoms with Crippen molar-refractivity contribution >= 4 is 17.4 Å². The highest BCUT2D eigenvalue weighted by molar-refractivity contribution is 5.73. The molecule has 0 fully saturated rings. The molecule has 0 N–H and O–H groups in total. The van der Waals surface area contributed by atoms with Crippen molar-refractivity contribution in [3.63, 3.8) is 0 Å². The van der Waals surface area contributed by atoms with Crippen molar-refractivity contribution < 1.29 is 0 Å². The lowest BCUT2D eigenvalue weighted by Gasteiger charge is -2.13. The van der Waals surface area contributed by atoms with Gasteiger partial charge in [-0.1, -0.05) is 17.3 Å². The molecule has 0 bridgehead atoms. The van der Waals surface area contributed by atoms with Gasteiger partial charge in [0.25, 0.3) is 0 Å². The first-order valence-corrected chi connectivity index (χ1v) is 5.87. The third kappa shape index (κ3) is 2.61. The first-order valence-electron chi connectivity index (χ1n) is 5.87. The van der Waals surface area contributed by atoms with Crippen molar-refractivity contribution in [2.75, 3.05) is 13.1 Å². The molecule has 5 nitrogen and oxygen atoms in total. The molecule has 2 aromatic rings. The van der Waals surface area contributed by atoms with E-state index in [4.69, 9.17) is 0 Å². The van der Waals surface area contributed by atoms with Crippen LogP contribution in [0.2, 0.25) is 0 Å². The summed E-state index contributed by atoms with van der Waals surface area (Å²) in [6, 6.07) is 7.89. The first-order chi connectivity index (χ1) is 8.35. The van der Waals surface area contributed by atoms with Gasteiger partial charge in [-0.15, -0.1) is 5.10 Å². The highest BCUT2D eigenvalue weighted by Gasteiger charge is 2.01. The predicted molar refractivity (Wildman–Crippen MR) is 68.9 cm³/mol. The monoisotopic (exact) mass is 231 g/mol. The van der Waals surface area contributed by atoms with Crippen LogP contribution in [0.3, 0.4) is 0 Å². The van der Waals surface area contributed by atoms with E-state index in [1.807, 2.05) is 30.6 Å². The molecule has 0 spiro atoms. The van der Waals surface area contributed by atoms with Crippen LogP contribution in [0, 0.1) is 0 Å². The van der Waals surface area contributed by atoms with Gasteiger partial charge in [-0.05, 0) is 26.0 Å². The number of hydrogen-bond donors (Lipinski definition) is 0.